The van der Waals surface area contributed by atoms with E-state index < -0.39 is 35.0 Å². The Morgan fingerprint density at radius 1 is 0.949 bits per heavy atom. The normalized spacial score (nSPS) is 17.3. The Balaban J connectivity index is 1.68. The maximum absolute atomic E-state index is 13.7. The molecule has 204 valence electrons. The van der Waals surface area contributed by atoms with Gasteiger partial charge in [0.2, 0.25) is 0 Å². The molecule has 1 heterocycles. The summed E-state index contributed by atoms with van der Waals surface area (Å²) in [4.78, 5) is 51.2. The summed E-state index contributed by atoms with van der Waals surface area (Å²) in [7, 11) is 0. The first-order valence-corrected chi connectivity index (χ1v) is 17.7. The molecule has 2 atom stereocenters. The van der Waals surface area contributed by atoms with Crippen LogP contribution in [0, 0.1) is 0 Å². The van der Waals surface area contributed by atoms with Gasteiger partial charge in [-0.1, -0.05) is 0 Å². The monoisotopic (exact) mass is 629 g/mol. The van der Waals surface area contributed by atoms with Crippen molar-refractivity contribution in [2.75, 3.05) is 18.6 Å². The van der Waals surface area contributed by atoms with Gasteiger partial charge >= 0.3 is 240 Å². The van der Waals surface area contributed by atoms with Crippen molar-refractivity contribution < 1.29 is 24.3 Å². The number of hydrogen-bond acceptors (Lipinski definition) is 6. The molecule has 0 aromatic heterocycles. The molecule has 1 aliphatic heterocycles. The molecule has 0 aliphatic carbocycles. The molecule has 1 unspecified atom stereocenters. The predicted octanol–water partition coefficient (Wildman–Crippen LogP) is 2.17. The van der Waals surface area contributed by atoms with E-state index >= 15 is 0 Å². The van der Waals surface area contributed by atoms with Crippen molar-refractivity contribution in [2.45, 2.75) is 17.7 Å². The average Bonchev–Trinajstić information content (AvgIpc) is 3.23. The van der Waals surface area contributed by atoms with Crippen molar-refractivity contribution >= 4 is 72.2 Å². The molecule has 8 nitrogen and oxygen atoms in total. The quantitative estimate of drug-likeness (QED) is 0.219. The van der Waals surface area contributed by atoms with Gasteiger partial charge < -0.3 is 0 Å². The molecule has 0 spiro atoms. The minimum atomic E-state index is -3.57. The van der Waals surface area contributed by atoms with Crippen molar-refractivity contribution in [3.8, 4) is 0 Å². The second-order valence-electron chi connectivity index (χ2n) is 9.24. The summed E-state index contributed by atoms with van der Waals surface area (Å²) in [6.07, 6.45) is 0.119. The zero-order chi connectivity index (χ0) is 28.1. The van der Waals surface area contributed by atoms with E-state index in [9.17, 15) is 19.2 Å². The van der Waals surface area contributed by atoms with Gasteiger partial charge in [0.05, 0.1) is 0 Å². The standard InChI is InChI=1S/C28H29BrN3O5PS/c29-38(20-10-4-1-5-11-20,21-12-6-2-7-13-21,22-14-8-3-9-15-22)19-32-25(33)16-24(28(32)37)39-18-23(30)27(36)31-17-26(34)35/h1-15,23-24H,16-19,30H2,(H,31,36)(H,34,35)/t23-,24?/m0/s1. The summed E-state index contributed by atoms with van der Waals surface area (Å²) in [5.74, 6) is -2.36. The molecule has 3 amide bonds. The van der Waals surface area contributed by atoms with Crippen molar-refractivity contribution in [1.82, 2.24) is 10.2 Å². The fourth-order valence-corrected chi connectivity index (χ4v) is 13.2. The van der Waals surface area contributed by atoms with Gasteiger partial charge in [0.1, 0.15) is 0 Å². The molecule has 3 aromatic carbocycles. The van der Waals surface area contributed by atoms with E-state index in [0.29, 0.717) is 0 Å². The van der Waals surface area contributed by atoms with Crippen molar-refractivity contribution in [3.05, 3.63) is 91.0 Å². The van der Waals surface area contributed by atoms with Gasteiger partial charge in [0.25, 0.3) is 0 Å². The van der Waals surface area contributed by atoms with Crippen molar-refractivity contribution in [2.24, 2.45) is 5.73 Å². The number of nitrogens with two attached hydrogens (primary N) is 1. The van der Waals surface area contributed by atoms with Crippen LogP contribution in [0.4, 0.5) is 0 Å². The zero-order valence-corrected chi connectivity index (χ0v) is 24.3. The van der Waals surface area contributed by atoms with E-state index in [4.69, 9.17) is 10.8 Å². The molecule has 3 aromatic rings. The van der Waals surface area contributed by atoms with Gasteiger partial charge in [-0.3, -0.25) is 0 Å². The Morgan fingerprint density at radius 2 is 1.41 bits per heavy atom. The summed E-state index contributed by atoms with van der Waals surface area (Å²) < 4.78 is 0. The number of imide groups is 1. The van der Waals surface area contributed by atoms with Crippen LogP contribution in [0.1, 0.15) is 6.42 Å². The summed E-state index contributed by atoms with van der Waals surface area (Å²) in [5.41, 5.74) is 5.91. The van der Waals surface area contributed by atoms with E-state index in [2.05, 4.69) is 20.8 Å². The van der Waals surface area contributed by atoms with Crippen LogP contribution in [0.15, 0.2) is 91.0 Å². The number of carboxylic acid groups (broad SMARTS) is 1. The number of hydrogen-bond donors (Lipinski definition) is 3. The average molecular weight is 631 g/mol. The van der Waals surface area contributed by atoms with Crippen molar-refractivity contribution in [3.63, 3.8) is 0 Å². The molecule has 0 bridgehead atoms. The second kappa shape index (κ2) is 12.0. The molecular weight excluding hydrogens is 601 g/mol. The fraction of sp³-hybridized carbons (Fsp3) is 0.214. The molecule has 1 fully saturated rings. The molecule has 0 saturated carbocycles. The van der Waals surface area contributed by atoms with Gasteiger partial charge in [0.15, 0.2) is 0 Å². The number of thioether (sulfide) groups is 1. The number of amides is 3. The van der Waals surface area contributed by atoms with Gasteiger partial charge in [0, 0.05) is 0 Å². The van der Waals surface area contributed by atoms with E-state index in [0.717, 1.165) is 27.7 Å². The maximum atomic E-state index is 13.7. The third-order valence-corrected chi connectivity index (χ3v) is 17.3. The number of nitrogens with zero attached hydrogens (tertiary/aromatic N) is 1. The van der Waals surface area contributed by atoms with Crippen LogP contribution in [-0.4, -0.2) is 63.6 Å². The Hall–Kier alpha value is -3.04. The molecule has 11 heteroatoms. The third kappa shape index (κ3) is 5.79. The Morgan fingerprint density at radius 3 is 1.85 bits per heavy atom. The molecule has 1 aliphatic rings. The van der Waals surface area contributed by atoms with Crippen LogP contribution >= 0.6 is 32.6 Å². The predicted molar refractivity (Wildman–Crippen MR) is 160 cm³/mol. The Kier molecular flexibility index (Phi) is 8.91. The second-order valence-corrected chi connectivity index (χ2v) is 19.4. The van der Waals surface area contributed by atoms with Crippen LogP contribution < -0.4 is 27.0 Å². The van der Waals surface area contributed by atoms with Crippen molar-refractivity contribution in [1.29, 1.82) is 0 Å². The third-order valence-electron chi connectivity index (χ3n) is 6.72. The minimum absolute atomic E-state index is 0.00910. The van der Waals surface area contributed by atoms with Gasteiger partial charge in [-0.25, -0.2) is 0 Å². The van der Waals surface area contributed by atoms with Crippen LogP contribution in [0.5, 0.6) is 0 Å². The fourth-order valence-electron chi connectivity index (χ4n) is 4.70. The zero-order valence-electron chi connectivity index (χ0n) is 21.0. The molecule has 4 N–H and O–H groups in total. The van der Waals surface area contributed by atoms with Crippen LogP contribution in [0.2, 0.25) is 0 Å². The number of carbonyl (C=O) groups excluding carboxylic acids is 3. The van der Waals surface area contributed by atoms with Gasteiger partial charge in [-0.2, -0.15) is 0 Å². The summed E-state index contributed by atoms with van der Waals surface area (Å²) in [5, 5.41) is 9.67. The van der Waals surface area contributed by atoms with E-state index in [1.807, 2.05) is 91.0 Å². The first-order chi connectivity index (χ1) is 18.6. The molecule has 39 heavy (non-hydrogen) atoms. The van der Waals surface area contributed by atoms with E-state index in [1.165, 1.54) is 4.90 Å². The number of nitrogens with one attached hydrogen (secondary N) is 1. The number of halogens is 1. The Labute approximate surface area is 239 Å². The summed E-state index contributed by atoms with van der Waals surface area (Å²) in [6, 6.07) is 28.7. The molecule has 1 saturated heterocycles. The SMILES string of the molecule is N[C@@H](CSC1CC(=O)N(CP(Br)(c2ccccc2)(c2ccccc2)c2ccccc2)C1=O)C(=O)NCC(=O)O. The van der Waals surface area contributed by atoms with E-state index in [1.54, 1.807) is 0 Å². The number of rotatable bonds is 11. The number of likely N-dealkylation sites (tertiary alicyclic amines) is 1. The molecular formula is C28H29BrN3O5PS. The number of carbonyl (C=O) groups is 4. The topological polar surface area (TPSA) is 130 Å². The molecule has 4 rings (SSSR count). The van der Waals surface area contributed by atoms with Crippen LogP contribution in [0.25, 0.3) is 0 Å². The Bertz CT molecular complexity index is 1260. The first kappa shape index (κ1) is 29.0. The van der Waals surface area contributed by atoms with Crippen LogP contribution in [-0.2, 0) is 19.2 Å². The van der Waals surface area contributed by atoms with Crippen LogP contribution in [0.3, 0.4) is 0 Å². The number of benzene rings is 3. The summed E-state index contributed by atoms with van der Waals surface area (Å²) in [6.45, 7) is -0.539. The number of carboxylic acids is 1. The summed E-state index contributed by atoms with van der Waals surface area (Å²) >= 11 is 5.41. The van der Waals surface area contributed by atoms with Gasteiger partial charge in [-0.15, -0.1) is 0 Å². The number of aliphatic carboxylic acids is 1. The first-order valence-electron chi connectivity index (χ1n) is 12.3. The van der Waals surface area contributed by atoms with Gasteiger partial charge in [-0.05, 0) is 0 Å². The molecule has 0 radical (unpaired) electrons. The van der Waals surface area contributed by atoms with E-state index in [-0.39, 0.29) is 30.3 Å².